The molecule has 8 heteroatoms. The van der Waals surface area contributed by atoms with Gasteiger partial charge in [-0.25, -0.2) is 0 Å². The third kappa shape index (κ3) is 2.89. The minimum atomic E-state index is -0.639. The number of nitrogens with zero attached hydrogens (tertiary/aromatic N) is 4. The minimum Gasteiger partial charge on any atom is -0.497 e. The molecule has 0 bridgehead atoms. The molecule has 0 atom stereocenters. The molecule has 0 radical (unpaired) electrons. The summed E-state index contributed by atoms with van der Waals surface area (Å²) >= 11 is 0. The van der Waals surface area contributed by atoms with Crippen molar-refractivity contribution < 1.29 is 9.53 Å². The first kappa shape index (κ1) is 15.5. The monoisotopic (exact) mass is 324 g/mol. The van der Waals surface area contributed by atoms with E-state index in [0.717, 1.165) is 11.3 Å². The Bertz CT molecular complexity index is 858. The molecule has 1 amide bonds. The molecule has 0 saturated heterocycles. The van der Waals surface area contributed by atoms with E-state index in [1.54, 1.807) is 17.9 Å². The number of primary amides is 1. The Hall–Kier alpha value is -3.42. The summed E-state index contributed by atoms with van der Waals surface area (Å²) in [6.07, 6.45) is 3.06. The largest absolute Gasteiger partial charge is 0.497 e. The summed E-state index contributed by atoms with van der Waals surface area (Å²) in [5.74, 6) is 0.207. The van der Waals surface area contributed by atoms with Crippen molar-refractivity contribution in [3.05, 3.63) is 53.9 Å². The number of hydrogen-bond donors (Lipinski definition) is 2. The van der Waals surface area contributed by atoms with Gasteiger partial charge in [0.25, 0.3) is 5.91 Å². The zero-order chi connectivity index (χ0) is 17.1. The number of hydrogen-bond acceptors (Lipinski definition) is 6. The molecule has 24 heavy (non-hydrogen) atoms. The van der Waals surface area contributed by atoms with Gasteiger partial charge in [0.15, 0.2) is 5.82 Å². The summed E-state index contributed by atoms with van der Waals surface area (Å²) in [6.45, 7) is 0.416. The van der Waals surface area contributed by atoms with E-state index < -0.39 is 5.91 Å². The van der Waals surface area contributed by atoms with Crippen molar-refractivity contribution in [2.75, 3.05) is 12.8 Å². The van der Waals surface area contributed by atoms with Gasteiger partial charge >= 0.3 is 0 Å². The van der Waals surface area contributed by atoms with Crippen molar-refractivity contribution in [2.45, 2.75) is 6.54 Å². The summed E-state index contributed by atoms with van der Waals surface area (Å²) in [4.78, 5) is 11.8. The van der Waals surface area contributed by atoms with Gasteiger partial charge in [-0.1, -0.05) is 12.1 Å². The molecule has 0 spiro atoms. The van der Waals surface area contributed by atoms with Gasteiger partial charge in [0, 0.05) is 5.56 Å². The molecule has 8 nitrogen and oxygen atoms in total. The zero-order valence-corrected chi connectivity index (χ0v) is 13.0. The number of carbonyl (C=O) groups is 1. The molecule has 2 heterocycles. The number of rotatable bonds is 5. The Labute approximate surface area is 138 Å². The average Bonchev–Trinajstić information content (AvgIpc) is 2.92. The van der Waals surface area contributed by atoms with Crippen LogP contribution in [0, 0.1) is 0 Å². The molecule has 4 N–H and O–H groups in total. The lowest BCUT2D eigenvalue weighted by molar-refractivity contribution is 0.100. The highest BCUT2D eigenvalue weighted by molar-refractivity contribution is 6.03. The fourth-order valence-electron chi connectivity index (χ4n) is 2.47. The van der Waals surface area contributed by atoms with Crippen LogP contribution in [0.15, 0.2) is 42.7 Å². The number of methoxy groups -OCH3 is 1. The first-order valence-electron chi connectivity index (χ1n) is 7.16. The number of ether oxygens (including phenoxy) is 1. The van der Waals surface area contributed by atoms with Crippen LogP contribution in [0.5, 0.6) is 5.75 Å². The van der Waals surface area contributed by atoms with Crippen LogP contribution in [-0.2, 0) is 6.54 Å². The maximum Gasteiger partial charge on any atom is 0.254 e. The van der Waals surface area contributed by atoms with Gasteiger partial charge in [-0.05, 0) is 23.8 Å². The van der Waals surface area contributed by atoms with Crippen molar-refractivity contribution >= 4 is 11.7 Å². The highest BCUT2D eigenvalue weighted by atomic mass is 16.5. The summed E-state index contributed by atoms with van der Waals surface area (Å²) < 4.78 is 6.78. The van der Waals surface area contributed by atoms with Gasteiger partial charge in [-0.2, -0.15) is 15.3 Å². The second-order valence-electron chi connectivity index (χ2n) is 5.11. The Kier molecular flexibility index (Phi) is 4.11. The van der Waals surface area contributed by atoms with E-state index in [1.807, 2.05) is 24.3 Å². The molecular formula is C16H16N6O2. The first-order chi connectivity index (χ1) is 11.6. The SMILES string of the molecule is COc1ccc(Cn2nc(N)c(C(N)=O)c2-c2ccnnc2)cc1. The predicted octanol–water partition coefficient (Wildman–Crippen LogP) is 1.08. The van der Waals surface area contributed by atoms with Gasteiger partial charge in [0.2, 0.25) is 0 Å². The molecular weight excluding hydrogens is 308 g/mol. The van der Waals surface area contributed by atoms with E-state index in [-0.39, 0.29) is 11.4 Å². The van der Waals surface area contributed by atoms with Gasteiger partial charge in [-0.3, -0.25) is 9.48 Å². The molecule has 0 fully saturated rings. The Morgan fingerprint density at radius 3 is 2.54 bits per heavy atom. The van der Waals surface area contributed by atoms with Crippen LogP contribution in [0.3, 0.4) is 0 Å². The fourth-order valence-corrected chi connectivity index (χ4v) is 2.47. The molecule has 3 rings (SSSR count). The molecule has 0 aliphatic rings. The van der Waals surface area contributed by atoms with E-state index in [0.29, 0.717) is 17.8 Å². The number of nitrogens with two attached hydrogens (primary N) is 2. The normalized spacial score (nSPS) is 10.5. The summed E-state index contributed by atoms with van der Waals surface area (Å²) in [5, 5.41) is 11.8. The molecule has 122 valence electrons. The molecule has 1 aromatic carbocycles. The second-order valence-corrected chi connectivity index (χ2v) is 5.11. The maximum atomic E-state index is 11.8. The quantitative estimate of drug-likeness (QED) is 0.724. The topological polar surface area (TPSA) is 122 Å². The first-order valence-corrected chi connectivity index (χ1v) is 7.16. The van der Waals surface area contributed by atoms with Crippen molar-refractivity contribution in [3.8, 4) is 17.0 Å². The lowest BCUT2D eigenvalue weighted by Gasteiger charge is -2.09. The lowest BCUT2D eigenvalue weighted by atomic mass is 10.1. The second kappa shape index (κ2) is 6.37. The number of amides is 1. The number of aromatic nitrogens is 4. The molecule has 3 aromatic rings. The van der Waals surface area contributed by atoms with Crippen molar-refractivity contribution in [3.63, 3.8) is 0 Å². The van der Waals surface area contributed by atoms with Gasteiger partial charge in [-0.15, -0.1) is 0 Å². The van der Waals surface area contributed by atoms with Crippen LogP contribution in [0.4, 0.5) is 5.82 Å². The summed E-state index contributed by atoms with van der Waals surface area (Å²) in [7, 11) is 1.61. The summed E-state index contributed by atoms with van der Waals surface area (Å²) in [6, 6.07) is 9.25. The Balaban J connectivity index is 2.07. The number of carbonyl (C=O) groups excluding carboxylic acids is 1. The van der Waals surface area contributed by atoms with E-state index in [9.17, 15) is 4.79 Å². The van der Waals surface area contributed by atoms with Crippen LogP contribution < -0.4 is 16.2 Å². The van der Waals surface area contributed by atoms with Crippen LogP contribution in [0.2, 0.25) is 0 Å². The standard InChI is InChI=1S/C16H16N6O2/c1-24-12-4-2-10(3-5-12)9-22-14(11-6-7-19-20-8-11)13(16(18)23)15(17)21-22/h2-8H,9H2,1H3,(H2,17,21)(H2,18,23). The molecule has 0 unspecified atom stereocenters. The number of benzene rings is 1. The van der Waals surface area contributed by atoms with Gasteiger partial charge < -0.3 is 16.2 Å². The zero-order valence-electron chi connectivity index (χ0n) is 13.0. The Morgan fingerprint density at radius 2 is 1.96 bits per heavy atom. The average molecular weight is 324 g/mol. The predicted molar refractivity (Wildman–Crippen MR) is 88.3 cm³/mol. The minimum absolute atomic E-state index is 0.0859. The van der Waals surface area contributed by atoms with E-state index in [4.69, 9.17) is 16.2 Å². The van der Waals surface area contributed by atoms with Crippen LogP contribution >= 0.6 is 0 Å². The van der Waals surface area contributed by atoms with E-state index >= 15 is 0 Å². The van der Waals surface area contributed by atoms with Gasteiger partial charge in [0.05, 0.1) is 31.7 Å². The fraction of sp³-hybridized carbons (Fsp3) is 0.125. The van der Waals surface area contributed by atoms with E-state index in [2.05, 4.69) is 15.3 Å². The highest BCUT2D eigenvalue weighted by Crippen LogP contribution is 2.27. The third-order valence-corrected chi connectivity index (χ3v) is 3.57. The van der Waals surface area contributed by atoms with Crippen molar-refractivity contribution in [2.24, 2.45) is 5.73 Å². The van der Waals surface area contributed by atoms with Crippen LogP contribution in [0.1, 0.15) is 15.9 Å². The van der Waals surface area contributed by atoms with Crippen molar-refractivity contribution in [1.82, 2.24) is 20.0 Å². The highest BCUT2D eigenvalue weighted by Gasteiger charge is 2.22. The molecule has 0 aliphatic carbocycles. The lowest BCUT2D eigenvalue weighted by Crippen LogP contribution is -2.14. The van der Waals surface area contributed by atoms with Crippen LogP contribution in [0.25, 0.3) is 11.3 Å². The third-order valence-electron chi connectivity index (χ3n) is 3.57. The van der Waals surface area contributed by atoms with Crippen molar-refractivity contribution in [1.29, 1.82) is 0 Å². The molecule has 0 aliphatic heterocycles. The Morgan fingerprint density at radius 1 is 1.21 bits per heavy atom. The smallest absolute Gasteiger partial charge is 0.254 e. The van der Waals surface area contributed by atoms with Gasteiger partial charge in [0.1, 0.15) is 11.3 Å². The van der Waals surface area contributed by atoms with Crippen LogP contribution in [-0.4, -0.2) is 33.0 Å². The molecule has 0 saturated carbocycles. The number of anilines is 1. The maximum absolute atomic E-state index is 11.8. The molecule has 2 aromatic heterocycles. The summed E-state index contributed by atoms with van der Waals surface area (Å²) in [5.41, 5.74) is 13.7. The number of nitrogen functional groups attached to an aromatic ring is 1. The van der Waals surface area contributed by atoms with E-state index in [1.165, 1.54) is 12.4 Å².